The van der Waals surface area contributed by atoms with Gasteiger partial charge in [0.05, 0.1) is 0 Å². The molecule has 0 heterocycles. The molecule has 0 saturated carbocycles. The summed E-state index contributed by atoms with van der Waals surface area (Å²) in [5.41, 5.74) is 0. The van der Waals surface area contributed by atoms with Gasteiger partial charge in [-0.05, 0) is 0 Å². The molecule has 0 aromatic heterocycles. The summed E-state index contributed by atoms with van der Waals surface area (Å²) in [7, 11) is 0. The van der Waals surface area contributed by atoms with Crippen LogP contribution in [-0.4, -0.2) is 18.4 Å². The predicted molar refractivity (Wildman–Crippen MR) is 63.2 cm³/mol. The Morgan fingerprint density at radius 2 is 1.36 bits per heavy atom. The molecule has 0 atom stereocenters. The van der Waals surface area contributed by atoms with Crippen molar-refractivity contribution in [3.8, 4) is 0 Å². The van der Waals surface area contributed by atoms with Gasteiger partial charge in [-0.3, -0.25) is 0 Å². The maximum absolute atomic E-state index is 12.8. The molecule has 0 aliphatic heterocycles. The first-order valence-corrected chi connectivity index (χ1v) is 12.9. The minimum atomic E-state index is -2.06. The van der Waals surface area contributed by atoms with Crippen LogP contribution in [0.15, 0.2) is 24.3 Å². The third-order valence-corrected chi connectivity index (χ3v) is 19.5. The standard InChI is InChI=1S/C6H4F.3C2H5.Sn/c7-6-4-2-1-3-5-6;3*1-2;/h2-5H;3*1H2,2H3;. The van der Waals surface area contributed by atoms with Crippen molar-refractivity contribution in [2.75, 3.05) is 0 Å². The summed E-state index contributed by atoms with van der Waals surface area (Å²) < 4.78 is 18.3. The van der Waals surface area contributed by atoms with Crippen LogP contribution >= 0.6 is 0 Å². The molecule has 0 saturated heterocycles. The Morgan fingerprint density at radius 1 is 0.929 bits per heavy atom. The van der Waals surface area contributed by atoms with Crippen molar-refractivity contribution in [1.82, 2.24) is 0 Å². The van der Waals surface area contributed by atoms with Crippen molar-refractivity contribution < 1.29 is 4.39 Å². The molecular weight excluding hydrogens is 282 g/mol. The Kier molecular flexibility index (Phi) is 4.42. The van der Waals surface area contributed by atoms with Crippen LogP contribution in [0.3, 0.4) is 0 Å². The normalized spacial score (nSPS) is 11.7. The molecule has 0 aliphatic rings. The van der Waals surface area contributed by atoms with E-state index in [-0.39, 0.29) is 5.82 Å². The van der Waals surface area contributed by atoms with Crippen LogP contribution < -0.4 is 3.58 Å². The second-order valence-electron chi connectivity index (χ2n) is 3.85. The molecule has 0 fully saturated rings. The first-order valence-electron chi connectivity index (χ1n) is 5.44. The average Bonchev–Trinajstić information content (AvgIpc) is 2.24. The Hall–Kier alpha value is -0.0513. The summed E-state index contributed by atoms with van der Waals surface area (Å²) in [4.78, 5) is 0. The van der Waals surface area contributed by atoms with Crippen LogP contribution in [0, 0.1) is 5.82 Å². The second-order valence-corrected chi connectivity index (χ2v) is 18.9. The molecule has 1 aromatic rings. The molecule has 14 heavy (non-hydrogen) atoms. The van der Waals surface area contributed by atoms with Crippen LogP contribution in [0.1, 0.15) is 20.8 Å². The van der Waals surface area contributed by atoms with E-state index in [2.05, 4.69) is 20.8 Å². The van der Waals surface area contributed by atoms with Crippen molar-refractivity contribution in [2.45, 2.75) is 34.1 Å². The van der Waals surface area contributed by atoms with E-state index in [9.17, 15) is 4.39 Å². The quantitative estimate of drug-likeness (QED) is 0.746. The summed E-state index contributed by atoms with van der Waals surface area (Å²) in [6.07, 6.45) is 0. The molecule has 0 aliphatic carbocycles. The summed E-state index contributed by atoms with van der Waals surface area (Å²) >= 11 is -2.06. The molecule has 0 radical (unpaired) electrons. The first-order chi connectivity index (χ1) is 6.68. The number of benzene rings is 1. The van der Waals surface area contributed by atoms with Crippen molar-refractivity contribution in [2.24, 2.45) is 0 Å². The van der Waals surface area contributed by atoms with E-state index >= 15 is 0 Å². The maximum atomic E-state index is 12.8. The molecule has 2 heteroatoms. The van der Waals surface area contributed by atoms with E-state index in [0.717, 1.165) is 0 Å². The van der Waals surface area contributed by atoms with E-state index in [0.29, 0.717) is 0 Å². The zero-order valence-electron chi connectivity index (χ0n) is 9.31. The van der Waals surface area contributed by atoms with Crippen molar-refractivity contribution in [3.63, 3.8) is 0 Å². The van der Waals surface area contributed by atoms with Gasteiger partial charge in [0.1, 0.15) is 0 Å². The van der Waals surface area contributed by atoms with Crippen molar-refractivity contribution in [3.05, 3.63) is 30.1 Å². The Labute approximate surface area is 90.4 Å². The number of hydrogen-bond acceptors (Lipinski definition) is 0. The average molecular weight is 301 g/mol. The topological polar surface area (TPSA) is 0 Å². The van der Waals surface area contributed by atoms with Crippen LogP contribution in [0.5, 0.6) is 0 Å². The van der Waals surface area contributed by atoms with Crippen molar-refractivity contribution in [1.29, 1.82) is 0 Å². The third kappa shape index (κ3) is 2.30. The fourth-order valence-electron chi connectivity index (χ4n) is 2.17. The molecule has 0 N–H and O–H groups in total. The predicted octanol–water partition coefficient (Wildman–Crippen LogP) is 3.54. The molecule has 0 unspecified atom stereocenters. The van der Waals surface area contributed by atoms with E-state index < -0.39 is 18.4 Å². The summed E-state index contributed by atoms with van der Waals surface area (Å²) in [6.45, 7) is 6.89. The molecule has 1 aromatic carbocycles. The van der Waals surface area contributed by atoms with Gasteiger partial charge in [-0.2, -0.15) is 0 Å². The molecule has 0 spiro atoms. The Balaban J connectivity index is 3.05. The van der Waals surface area contributed by atoms with Gasteiger partial charge in [0, 0.05) is 0 Å². The summed E-state index contributed by atoms with van der Waals surface area (Å²) in [6, 6.07) is 7.26. The first kappa shape index (κ1) is 12.0. The third-order valence-electron chi connectivity index (χ3n) is 3.49. The van der Waals surface area contributed by atoms with E-state index in [1.165, 1.54) is 16.9 Å². The van der Waals surface area contributed by atoms with Gasteiger partial charge in [-0.25, -0.2) is 0 Å². The molecule has 1 rings (SSSR count). The van der Waals surface area contributed by atoms with E-state index in [4.69, 9.17) is 0 Å². The molecule has 78 valence electrons. The van der Waals surface area contributed by atoms with Gasteiger partial charge in [0.15, 0.2) is 0 Å². The van der Waals surface area contributed by atoms with Crippen LogP contribution in [0.2, 0.25) is 13.3 Å². The van der Waals surface area contributed by atoms with Crippen LogP contribution in [0.4, 0.5) is 4.39 Å². The van der Waals surface area contributed by atoms with Gasteiger partial charge in [-0.15, -0.1) is 0 Å². The molecule has 0 amide bonds. The molecule has 0 bridgehead atoms. The van der Waals surface area contributed by atoms with Crippen LogP contribution in [-0.2, 0) is 0 Å². The zero-order valence-corrected chi connectivity index (χ0v) is 12.2. The zero-order chi connectivity index (χ0) is 10.6. The van der Waals surface area contributed by atoms with Crippen LogP contribution in [0.25, 0.3) is 0 Å². The number of hydrogen-bond donors (Lipinski definition) is 0. The fraction of sp³-hybridized carbons (Fsp3) is 0.500. The van der Waals surface area contributed by atoms with E-state index in [1.54, 1.807) is 12.1 Å². The summed E-state index contributed by atoms with van der Waals surface area (Å²) in [5.74, 6) is -0.114. The van der Waals surface area contributed by atoms with Gasteiger partial charge in [-0.1, -0.05) is 0 Å². The number of rotatable bonds is 4. The van der Waals surface area contributed by atoms with Crippen molar-refractivity contribution >= 4 is 22.0 Å². The monoisotopic (exact) mass is 302 g/mol. The Morgan fingerprint density at radius 3 is 1.71 bits per heavy atom. The van der Waals surface area contributed by atoms with Gasteiger partial charge in [0.25, 0.3) is 0 Å². The fourth-order valence-corrected chi connectivity index (χ4v) is 12.4. The number of halogens is 1. The van der Waals surface area contributed by atoms with Gasteiger partial charge in [0.2, 0.25) is 0 Å². The Bertz CT molecular complexity index is 267. The summed E-state index contributed by atoms with van der Waals surface area (Å²) in [5, 5.41) is 0. The SMILES string of the molecule is C[CH2][Sn]([CH2]C)([CH2]C)[c]1ccc(F)cc1. The minimum absolute atomic E-state index is 0.114. The van der Waals surface area contributed by atoms with Gasteiger partial charge < -0.3 is 0 Å². The molecular formula is C12H19FSn. The van der Waals surface area contributed by atoms with E-state index in [1.807, 2.05) is 12.1 Å². The second kappa shape index (κ2) is 5.15. The molecule has 0 nitrogen and oxygen atoms in total. The van der Waals surface area contributed by atoms with Gasteiger partial charge >= 0.3 is 90.5 Å².